The molecule has 0 aliphatic rings. The lowest BCUT2D eigenvalue weighted by Crippen LogP contribution is -2.74. The summed E-state index contributed by atoms with van der Waals surface area (Å²) >= 11 is 0. The zero-order valence-electron chi connectivity index (χ0n) is 12.8. The van der Waals surface area contributed by atoms with Gasteiger partial charge in [-0.05, 0) is 20.8 Å². The van der Waals surface area contributed by atoms with E-state index in [9.17, 15) is 40.7 Å². The zero-order chi connectivity index (χ0) is 19.3. The molecule has 0 rings (SSSR count). The average molecular weight is 367 g/mol. The van der Waals surface area contributed by atoms with Crippen LogP contribution in [-0.4, -0.2) is 49.0 Å². The van der Waals surface area contributed by atoms with Gasteiger partial charge in [0.1, 0.15) is 5.78 Å². The van der Waals surface area contributed by atoms with Gasteiger partial charge in [-0.1, -0.05) is 0 Å². The van der Waals surface area contributed by atoms with Gasteiger partial charge in [0, 0.05) is 0 Å². The molecule has 0 aliphatic carbocycles. The number of ether oxygens (including phenoxy) is 2. The van der Waals surface area contributed by atoms with Crippen LogP contribution in [0, 0.1) is 5.92 Å². The summed E-state index contributed by atoms with van der Waals surface area (Å²) in [5, 5.41) is 0.599. The topological polar surface area (TPSA) is 81.7 Å². The Bertz CT molecular complexity index is 473. The highest BCUT2D eigenvalue weighted by atomic mass is 19.4. The first-order valence-corrected chi connectivity index (χ1v) is 6.51. The van der Waals surface area contributed by atoms with Crippen molar-refractivity contribution in [2.45, 2.75) is 38.7 Å². The Hall–Kier alpha value is -2.01. The van der Waals surface area contributed by atoms with Crippen molar-refractivity contribution < 1.29 is 50.2 Å². The van der Waals surface area contributed by atoms with Crippen LogP contribution in [0.4, 0.5) is 31.1 Å². The van der Waals surface area contributed by atoms with E-state index in [1.807, 2.05) is 0 Å². The van der Waals surface area contributed by atoms with E-state index >= 15 is 0 Å². The summed E-state index contributed by atoms with van der Waals surface area (Å²) in [6.07, 6.45) is -14.6. The van der Waals surface area contributed by atoms with Gasteiger partial charge in [0.25, 0.3) is 5.54 Å². The zero-order valence-corrected chi connectivity index (χ0v) is 12.8. The number of alkyl carbamates (subject to hydrolysis) is 1. The molecule has 0 spiro atoms. The van der Waals surface area contributed by atoms with Gasteiger partial charge in [0.15, 0.2) is 5.92 Å². The van der Waals surface area contributed by atoms with Crippen molar-refractivity contribution in [3.05, 3.63) is 0 Å². The average Bonchev–Trinajstić information content (AvgIpc) is 2.35. The molecule has 0 saturated heterocycles. The molecule has 6 nitrogen and oxygen atoms in total. The number of carbonyl (C=O) groups is 3. The number of hydrogen-bond donors (Lipinski definition) is 1. The Kier molecular flexibility index (Phi) is 7.06. The van der Waals surface area contributed by atoms with Crippen LogP contribution >= 0.6 is 0 Å². The fourth-order valence-corrected chi connectivity index (χ4v) is 1.90. The van der Waals surface area contributed by atoms with E-state index in [0.29, 0.717) is 12.2 Å². The maximum absolute atomic E-state index is 13.3. The molecule has 24 heavy (non-hydrogen) atoms. The van der Waals surface area contributed by atoms with Crippen molar-refractivity contribution in [3.8, 4) is 0 Å². The van der Waals surface area contributed by atoms with Gasteiger partial charge in [0.2, 0.25) is 0 Å². The van der Waals surface area contributed by atoms with Crippen LogP contribution in [0.5, 0.6) is 0 Å². The summed E-state index contributed by atoms with van der Waals surface area (Å²) in [6.45, 7) is 1.49. The monoisotopic (exact) mass is 367 g/mol. The third-order valence-corrected chi connectivity index (χ3v) is 2.83. The minimum absolute atomic E-state index is 0.348. The van der Waals surface area contributed by atoms with E-state index in [4.69, 9.17) is 0 Å². The van der Waals surface area contributed by atoms with Crippen LogP contribution in [0.2, 0.25) is 0 Å². The van der Waals surface area contributed by atoms with Gasteiger partial charge in [-0.2, -0.15) is 26.3 Å². The SMILES string of the molecule is CCOC(=O)NC([C@@H](C(C)=O)C(=O)OCC)(C(F)(F)F)C(F)(F)F. The highest BCUT2D eigenvalue weighted by Gasteiger charge is 2.78. The number of ketones is 1. The second-order valence-electron chi connectivity index (χ2n) is 4.44. The van der Waals surface area contributed by atoms with Gasteiger partial charge in [-0.3, -0.25) is 14.9 Å². The Morgan fingerprint density at radius 2 is 1.33 bits per heavy atom. The van der Waals surface area contributed by atoms with Crippen LogP contribution in [-0.2, 0) is 19.1 Å². The normalized spacial score (nSPS) is 13.9. The number of esters is 1. The van der Waals surface area contributed by atoms with Crippen LogP contribution < -0.4 is 5.32 Å². The lowest BCUT2D eigenvalue weighted by molar-refractivity contribution is -0.316. The van der Waals surface area contributed by atoms with Gasteiger partial charge >= 0.3 is 24.4 Å². The second-order valence-corrected chi connectivity index (χ2v) is 4.44. The van der Waals surface area contributed by atoms with Crippen LogP contribution in [0.25, 0.3) is 0 Å². The number of carbonyl (C=O) groups excluding carboxylic acids is 3. The quantitative estimate of drug-likeness (QED) is 0.443. The molecule has 0 aliphatic heterocycles. The first kappa shape index (κ1) is 22.0. The highest BCUT2D eigenvalue weighted by molar-refractivity contribution is 6.00. The fraction of sp³-hybridized carbons (Fsp3) is 0.750. The summed E-state index contributed by atoms with van der Waals surface area (Å²) in [7, 11) is 0. The number of hydrogen-bond acceptors (Lipinski definition) is 5. The summed E-state index contributed by atoms with van der Waals surface area (Å²) in [4.78, 5) is 34.3. The molecule has 0 saturated carbocycles. The fourth-order valence-electron chi connectivity index (χ4n) is 1.90. The molecule has 1 N–H and O–H groups in total. The highest BCUT2D eigenvalue weighted by Crippen LogP contribution is 2.48. The summed E-state index contributed by atoms with van der Waals surface area (Å²) < 4.78 is 88.2. The molecule has 0 fully saturated rings. The van der Waals surface area contributed by atoms with Crippen LogP contribution in [0.15, 0.2) is 0 Å². The van der Waals surface area contributed by atoms with Crippen molar-refractivity contribution in [3.63, 3.8) is 0 Å². The van der Waals surface area contributed by atoms with E-state index in [2.05, 4.69) is 9.47 Å². The Morgan fingerprint density at radius 3 is 1.62 bits per heavy atom. The van der Waals surface area contributed by atoms with E-state index < -0.39 is 54.9 Å². The number of alkyl halides is 6. The molecule has 0 bridgehead atoms. The molecule has 140 valence electrons. The predicted molar refractivity (Wildman–Crippen MR) is 65.8 cm³/mol. The molecule has 0 aromatic rings. The number of halogens is 6. The largest absolute Gasteiger partial charge is 0.465 e. The lowest BCUT2D eigenvalue weighted by atomic mass is 9.79. The first-order valence-electron chi connectivity index (χ1n) is 6.51. The number of rotatable bonds is 6. The van der Waals surface area contributed by atoms with E-state index in [1.165, 1.54) is 0 Å². The summed E-state index contributed by atoms with van der Waals surface area (Å²) in [5.74, 6) is -7.25. The molecular formula is C12H15F6NO5. The maximum Gasteiger partial charge on any atom is 0.421 e. The Morgan fingerprint density at radius 1 is 0.917 bits per heavy atom. The number of amides is 1. The Labute approximate surface area is 132 Å². The standard InChI is InChI=1S/C12H15F6NO5/c1-4-23-8(21)7(6(3)20)10(11(13,14)15,12(16,17)18)19-9(22)24-5-2/h7H,4-5H2,1-3H3,(H,19,22)/t7-/m0/s1. The molecule has 12 heteroatoms. The summed E-state index contributed by atoms with van der Waals surface area (Å²) in [6, 6.07) is 0. The third kappa shape index (κ3) is 4.29. The van der Waals surface area contributed by atoms with E-state index in [-0.39, 0.29) is 0 Å². The smallest absolute Gasteiger partial charge is 0.421 e. The lowest BCUT2D eigenvalue weighted by Gasteiger charge is -2.40. The molecule has 0 aromatic heterocycles. The third-order valence-electron chi connectivity index (χ3n) is 2.83. The Balaban J connectivity index is 6.48. The van der Waals surface area contributed by atoms with Gasteiger partial charge in [0.05, 0.1) is 13.2 Å². The molecule has 0 unspecified atom stereocenters. The van der Waals surface area contributed by atoms with Gasteiger partial charge in [-0.15, -0.1) is 0 Å². The number of nitrogens with one attached hydrogen (secondary N) is 1. The van der Waals surface area contributed by atoms with Crippen molar-refractivity contribution in [1.29, 1.82) is 0 Å². The molecular weight excluding hydrogens is 352 g/mol. The number of Topliss-reactive ketones (excluding diaryl/α,β-unsaturated/α-hetero) is 1. The molecule has 0 aromatic carbocycles. The molecule has 0 radical (unpaired) electrons. The van der Waals surface area contributed by atoms with E-state index in [0.717, 1.165) is 13.8 Å². The second kappa shape index (κ2) is 7.71. The minimum Gasteiger partial charge on any atom is -0.465 e. The first-order chi connectivity index (χ1) is 10.8. The van der Waals surface area contributed by atoms with Crippen molar-refractivity contribution >= 4 is 17.8 Å². The molecule has 1 amide bonds. The van der Waals surface area contributed by atoms with E-state index in [1.54, 1.807) is 0 Å². The summed E-state index contributed by atoms with van der Waals surface area (Å²) in [5.41, 5.74) is -5.19. The minimum atomic E-state index is -6.25. The van der Waals surface area contributed by atoms with Gasteiger partial charge in [-0.25, -0.2) is 4.79 Å². The van der Waals surface area contributed by atoms with Crippen molar-refractivity contribution in [2.24, 2.45) is 5.92 Å². The molecule has 0 heterocycles. The predicted octanol–water partition coefficient (Wildman–Crippen LogP) is 2.36. The van der Waals surface area contributed by atoms with Crippen molar-refractivity contribution in [2.75, 3.05) is 13.2 Å². The maximum atomic E-state index is 13.3. The van der Waals surface area contributed by atoms with Crippen LogP contribution in [0.3, 0.4) is 0 Å². The van der Waals surface area contributed by atoms with Crippen LogP contribution in [0.1, 0.15) is 20.8 Å². The van der Waals surface area contributed by atoms with Gasteiger partial charge < -0.3 is 9.47 Å². The molecule has 1 atom stereocenters. The van der Waals surface area contributed by atoms with Crippen molar-refractivity contribution in [1.82, 2.24) is 5.32 Å².